The van der Waals surface area contributed by atoms with Gasteiger partial charge in [0.2, 0.25) is 5.88 Å². The van der Waals surface area contributed by atoms with Gasteiger partial charge in [0.05, 0.1) is 12.7 Å². The zero-order valence-electron chi connectivity index (χ0n) is 13.4. The van der Waals surface area contributed by atoms with Gasteiger partial charge in [0.1, 0.15) is 17.3 Å². The lowest BCUT2D eigenvalue weighted by molar-refractivity contribution is 0.415. The molecule has 0 radical (unpaired) electrons. The highest BCUT2D eigenvalue weighted by Crippen LogP contribution is 2.36. The van der Waals surface area contributed by atoms with Crippen LogP contribution in [0.15, 0.2) is 47.3 Å². The van der Waals surface area contributed by atoms with Crippen molar-refractivity contribution in [1.29, 1.82) is 0 Å². The Morgan fingerprint density at radius 1 is 1.21 bits per heavy atom. The number of aryl methyl sites for hydroxylation is 1. The summed E-state index contributed by atoms with van der Waals surface area (Å²) in [6.45, 7) is 1.99. The molecule has 0 atom stereocenters. The van der Waals surface area contributed by atoms with E-state index in [1.54, 1.807) is 7.11 Å². The van der Waals surface area contributed by atoms with Crippen LogP contribution in [0, 0.1) is 6.92 Å². The zero-order chi connectivity index (χ0) is 16.7. The molecule has 5 nitrogen and oxygen atoms in total. The third kappa shape index (κ3) is 2.34. The van der Waals surface area contributed by atoms with Crippen molar-refractivity contribution in [3.63, 3.8) is 0 Å². The predicted molar refractivity (Wildman–Crippen MR) is 90.9 cm³/mol. The minimum atomic E-state index is -0.176. The molecule has 0 unspecified atom stereocenters. The molecule has 0 aliphatic carbocycles. The first-order valence-corrected chi connectivity index (χ1v) is 7.69. The second kappa shape index (κ2) is 5.53. The van der Waals surface area contributed by atoms with Crippen LogP contribution in [0.25, 0.3) is 11.4 Å². The highest BCUT2D eigenvalue weighted by atomic mass is 16.5. The first kappa shape index (κ1) is 14.5. The Labute approximate surface area is 138 Å². The van der Waals surface area contributed by atoms with Crippen LogP contribution in [-0.4, -0.2) is 17.1 Å². The lowest BCUT2D eigenvalue weighted by Crippen LogP contribution is -2.20. The van der Waals surface area contributed by atoms with Gasteiger partial charge in [0.25, 0.3) is 5.56 Å². The number of nitrogens with zero attached hydrogens (tertiary/aromatic N) is 1. The fourth-order valence-corrected chi connectivity index (χ4v) is 2.91. The third-order valence-electron chi connectivity index (χ3n) is 4.18. The third-order valence-corrected chi connectivity index (χ3v) is 4.18. The monoisotopic (exact) mass is 320 g/mol. The van der Waals surface area contributed by atoms with Gasteiger partial charge in [0.15, 0.2) is 0 Å². The van der Waals surface area contributed by atoms with E-state index in [2.05, 4.69) is 9.97 Å². The largest absolute Gasteiger partial charge is 0.497 e. The minimum Gasteiger partial charge on any atom is -0.497 e. The Balaban J connectivity index is 1.83. The smallest absolute Gasteiger partial charge is 0.258 e. The van der Waals surface area contributed by atoms with Gasteiger partial charge >= 0.3 is 0 Å². The van der Waals surface area contributed by atoms with Crippen molar-refractivity contribution in [1.82, 2.24) is 9.97 Å². The second-order valence-corrected chi connectivity index (χ2v) is 5.77. The van der Waals surface area contributed by atoms with Gasteiger partial charge in [-0.3, -0.25) is 4.79 Å². The molecule has 1 N–H and O–H groups in total. The molecule has 0 spiro atoms. The predicted octanol–water partition coefficient (Wildman–Crippen LogP) is 3.45. The number of fused-ring (bicyclic) bond motifs is 2. The molecule has 0 saturated carbocycles. The summed E-state index contributed by atoms with van der Waals surface area (Å²) < 4.78 is 11.2. The molecule has 0 bridgehead atoms. The summed E-state index contributed by atoms with van der Waals surface area (Å²) in [5.41, 5.74) is 3.19. The Morgan fingerprint density at radius 2 is 2.04 bits per heavy atom. The van der Waals surface area contributed by atoms with Gasteiger partial charge in [-0.1, -0.05) is 30.3 Å². The minimum absolute atomic E-state index is 0.176. The van der Waals surface area contributed by atoms with Crippen molar-refractivity contribution >= 4 is 0 Å². The molecule has 1 aromatic heterocycles. The van der Waals surface area contributed by atoms with Crippen LogP contribution in [0.1, 0.15) is 16.7 Å². The summed E-state index contributed by atoms with van der Waals surface area (Å²) in [6.07, 6.45) is 0.521. The summed E-state index contributed by atoms with van der Waals surface area (Å²) in [4.78, 5) is 19.9. The van der Waals surface area contributed by atoms with E-state index in [1.807, 2.05) is 49.4 Å². The molecule has 0 saturated heterocycles. The Morgan fingerprint density at radius 3 is 2.88 bits per heavy atom. The fraction of sp³-hybridized carbons (Fsp3) is 0.158. The first-order valence-electron chi connectivity index (χ1n) is 7.69. The Bertz CT molecular complexity index is 992. The number of hydrogen-bond donors (Lipinski definition) is 1. The van der Waals surface area contributed by atoms with Gasteiger partial charge < -0.3 is 14.5 Å². The average molecular weight is 320 g/mol. The zero-order valence-corrected chi connectivity index (χ0v) is 13.4. The van der Waals surface area contributed by atoms with Gasteiger partial charge in [-0.15, -0.1) is 0 Å². The van der Waals surface area contributed by atoms with Crippen LogP contribution in [0.5, 0.6) is 17.4 Å². The van der Waals surface area contributed by atoms with Crippen molar-refractivity contribution in [2.75, 3.05) is 7.11 Å². The number of aromatic amines is 1. The molecular weight excluding hydrogens is 304 g/mol. The van der Waals surface area contributed by atoms with E-state index in [0.717, 1.165) is 22.4 Å². The van der Waals surface area contributed by atoms with Crippen LogP contribution in [0.2, 0.25) is 0 Å². The molecule has 24 heavy (non-hydrogen) atoms. The fourth-order valence-electron chi connectivity index (χ4n) is 2.91. The SMILES string of the molecule is COc1cccc(-c2nc3c(c(=O)[nH]2)Cc2cccc(C)c2O3)c1. The van der Waals surface area contributed by atoms with Crippen molar-refractivity contribution in [2.45, 2.75) is 13.3 Å². The molecule has 1 aliphatic heterocycles. The van der Waals surface area contributed by atoms with E-state index in [1.165, 1.54) is 0 Å². The number of para-hydroxylation sites is 1. The highest BCUT2D eigenvalue weighted by molar-refractivity contribution is 5.59. The number of aromatic nitrogens is 2. The topological polar surface area (TPSA) is 64.2 Å². The van der Waals surface area contributed by atoms with Gasteiger partial charge in [-0.25, -0.2) is 0 Å². The first-order chi connectivity index (χ1) is 11.7. The summed E-state index contributed by atoms with van der Waals surface area (Å²) in [5, 5.41) is 0. The number of ether oxygens (including phenoxy) is 2. The lowest BCUT2D eigenvalue weighted by atomic mass is 10.0. The number of benzene rings is 2. The van der Waals surface area contributed by atoms with Crippen LogP contribution in [0.3, 0.4) is 0 Å². The number of rotatable bonds is 2. The molecule has 3 aromatic rings. The number of H-pyrrole nitrogens is 1. The van der Waals surface area contributed by atoms with Crippen molar-refractivity contribution in [3.8, 4) is 28.8 Å². The van der Waals surface area contributed by atoms with Gasteiger partial charge in [0, 0.05) is 12.0 Å². The van der Waals surface area contributed by atoms with E-state index < -0.39 is 0 Å². The molecule has 120 valence electrons. The molecule has 5 heteroatoms. The summed E-state index contributed by atoms with van der Waals surface area (Å²) in [5.74, 6) is 2.34. The van der Waals surface area contributed by atoms with Gasteiger partial charge in [-0.2, -0.15) is 4.98 Å². The van der Waals surface area contributed by atoms with Crippen LogP contribution in [0.4, 0.5) is 0 Å². The molecule has 0 fully saturated rings. The molecule has 4 rings (SSSR count). The van der Waals surface area contributed by atoms with Crippen LogP contribution < -0.4 is 15.0 Å². The van der Waals surface area contributed by atoms with Gasteiger partial charge in [-0.05, 0) is 30.2 Å². The molecule has 1 aliphatic rings. The quantitative estimate of drug-likeness (QED) is 0.614. The number of nitrogens with one attached hydrogen (secondary N) is 1. The summed E-state index contributed by atoms with van der Waals surface area (Å²) >= 11 is 0. The van der Waals surface area contributed by atoms with E-state index in [9.17, 15) is 4.79 Å². The number of methoxy groups -OCH3 is 1. The number of hydrogen-bond acceptors (Lipinski definition) is 4. The maximum absolute atomic E-state index is 12.5. The van der Waals surface area contributed by atoms with E-state index >= 15 is 0 Å². The van der Waals surface area contributed by atoms with E-state index in [0.29, 0.717) is 29.4 Å². The van der Waals surface area contributed by atoms with Crippen molar-refractivity contribution in [2.24, 2.45) is 0 Å². The maximum Gasteiger partial charge on any atom is 0.258 e. The van der Waals surface area contributed by atoms with E-state index in [4.69, 9.17) is 9.47 Å². The van der Waals surface area contributed by atoms with Crippen LogP contribution >= 0.6 is 0 Å². The maximum atomic E-state index is 12.5. The standard InChI is InChI=1S/C19H16N2O3/c1-11-5-3-6-12-10-15-18(22)20-17(21-19(15)24-16(11)12)13-7-4-8-14(9-13)23-2/h3-9H,10H2,1-2H3,(H,20,21,22). The summed E-state index contributed by atoms with van der Waals surface area (Å²) in [6, 6.07) is 13.3. The van der Waals surface area contributed by atoms with Crippen LogP contribution in [-0.2, 0) is 6.42 Å². The average Bonchev–Trinajstić information content (AvgIpc) is 2.61. The Hall–Kier alpha value is -3.08. The lowest BCUT2D eigenvalue weighted by Gasteiger charge is -2.20. The normalized spacial score (nSPS) is 12.1. The Kier molecular flexibility index (Phi) is 3.34. The molecule has 2 heterocycles. The van der Waals surface area contributed by atoms with Crippen molar-refractivity contribution in [3.05, 3.63) is 69.5 Å². The second-order valence-electron chi connectivity index (χ2n) is 5.77. The molecular formula is C19H16N2O3. The highest BCUT2D eigenvalue weighted by Gasteiger charge is 2.23. The summed E-state index contributed by atoms with van der Waals surface area (Å²) in [7, 11) is 1.60. The molecule has 2 aromatic carbocycles. The van der Waals surface area contributed by atoms with E-state index in [-0.39, 0.29) is 5.56 Å². The van der Waals surface area contributed by atoms with Crippen molar-refractivity contribution < 1.29 is 9.47 Å². The molecule has 0 amide bonds.